The smallest absolute Gasteiger partial charge is 0.0825 e. The monoisotopic (exact) mass is 216 g/mol. The van der Waals surface area contributed by atoms with Crippen molar-refractivity contribution in [1.82, 2.24) is 14.8 Å². The van der Waals surface area contributed by atoms with E-state index >= 15 is 0 Å². The Hall–Kier alpha value is -1.84. The standard InChI is InChI=1S/C12H16N4/c1-9-12(13)10(2)16(15-9)8-5-11-3-6-14-7-4-11/h3-4,6-7H,5,8,13H2,1-2H3. The second kappa shape index (κ2) is 4.35. The number of anilines is 1. The molecule has 0 unspecified atom stereocenters. The van der Waals surface area contributed by atoms with Gasteiger partial charge in [-0.25, -0.2) is 0 Å². The van der Waals surface area contributed by atoms with Gasteiger partial charge >= 0.3 is 0 Å². The lowest BCUT2D eigenvalue weighted by Gasteiger charge is -2.04. The molecule has 0 atom stereocenters. The minimum absolute atomic E-state index is 0.801. The summed E-state index contributed by atoms with van der Waals surface area (Å²) in [5, 5.41) is 4.40. The highest BCUT2D eigenvalue weighted by molar-refractivity contribution is 5.46. The molecule has 0 spiro atoms. The van der Waals surface area contributed by atoms with Crippen molar-refractivity contribution in [3.8, 4) is 0 Å². The predicted octanol–water partition coefficient (Wildman–Crippen LogP) is 1.72. The Bertz CT molecular complexity index is 473. The van der Waals surface area contributed by atoms with Crippen molar-refractivity contribution in [2.45, 2.75) is 26.8 Å². The summed E-state index contributed by atoms with van der Waals surface area (Å²) in [5.41, 5.74) is 9.90. The second-order valence-electron chi connectivity index (χ2n) is 3.91. The zero-order valence-corrected chi connectivity index (χ0v) is 9.64. The van der Waals surface area contributed by atoms with Crippen molar-refractivity contribution in [3.05, 3.63) is 41.5 Å². The van der Waals surface area contributed by atoms with E-state index in [1.807, 2.05) is 43.1 Å². The van der Waals surface area contributed by atoms with Crippen molar-refractivity contribution in [1.29, 1.82) is 0 Å². The maximum atomic E-state index is 5.88. The van der Waals surface area contributed by atoms with Gasteiger partial charge in [0.05, 0.1) is 17.1 Å². The van der Waals surface area contributed by atoms with E-state index in [1.165, 1.54) is 5.56 Å². The van der Waals surface area contributed by atoms with Crippen LogP contribution in [-0.2, 0) is 13.0 Å². The first-order valence-corrected chi connectivity index (χ1v) is 5.37. The van der Waals surface area contributed by atoms with Gasteiger partial charge in [-0.3, -0.25) is 9.67 Å². The van der Waals surface area contributed by atoms with Crippen LogP contribution in [0.1, 0.15) is 17.0 Å². The highest BCUT2D eigenvalue weighted by Gasteiger charge is 2.07. The molecule has 0 radical (unpaired) electrons. The maximum Gasteiger partial charge on any atom is 0.0825 e. The third-order valence-electron chi connectivity index (χ3n) is 2.80. The number of pyridine rings is 1. The number of hydrogen-bond donors (Lipinski definition) is 1. The Morgan fingerprint density at radius 3 is 2.50 bits per heavy atom. The normalized spacial score (nSPS) is 10.6. The van der Waals surface area contributed by atoms with Gasteiger partial charge < -0.3 is 5.73 Å². The Morgan fingerprint density at radius 2 is 1.94 bits per heavy atom. The van der Waals surface area contributed by atoms with Gasteiger partial charge in [0.2, 0.25) is 0 Å². The van der Waals surface area contributed by atoms with Crippen molar-refractivity contribution < 1.29 is 0 Å². The molecule has 4 heteroatoms. The van der Waals surface area contributed by atoms with Crippen molar-refractivity contribution >= 4 is 5.69 Å². The molecule has 2 aromatic rings. The Kier molecular flexibility index (Phi) is 2.90. The summed E-state index contributed by atoms with van der Waals surface area (Å²) in [6, 6.07) is 4.05. The van der Waals surface area contributed by atoms with Crippen LogP contribution in [0.25, 0.3) is 0 Å². The fourth-order valence-corrected chi connectivity index (χ4v) is 1.71. The molecule has 2 N–H and O–H groups in total. The first-order valence-electron chi connectivity index (χ1n) is 5.37. The van der Waals surface area contributed by atoms with Gasteiger partial charge in [0.15, 0.2) is 0 Å². The number of rotatable bonds is 3. The van der Waals surface area contributed by atoms with Crippen LogP contribution in [0.15, 0.2) is 24.5 Å². The Labute approximate surface area is 95.1 Å². The van der Waals surface area contributed by atoms with Crippen molar-refractivity contribution in [2.75, 3.05) is 5.73 Å². The van der Waals surface area contributed by atoms with Gasteiger partial charge in [0, 0.05) is 18.9 Å². The molecule has 4 nitrogen and oxygen atoms in total. The van der Waals surface area contributed by atoms with E-state index < -0.39 is 0 Å². The molecule has 0 amide bonds. The van der Waals surface area contributed by atoms with Gasteiger partial charge in [-0.15, -0.1) is 0 Å². The summed E-state index contributed by atoms with van der Waals surface area (Å²) >= 11 is 0. The van der Waals surface area contributed by atoms with E-state index in [4.69, 9.17) is 5.73 Å². The van der Waals surface area contributed by atoms with Gasteiger partial charge in [-0.1, -0.05) is 0 Å². The van der Waals surface area contributed by atoms with E-state index in [2.05, 4.69) is 10.1 Å². The molecule has 0 aliphatic carbocycles. The number of nitrogen functional groups attached to an aromatic ring is 1. The minimum atomic E-state index is 0.801. The second-order valence-corrected chi connectivity index (χ2v) is 3.91. The average Bonchev–Trinajstić information content (AvgIpc) is 2.56. The Balaban J connectivity index is 2.08. The zero-order chi connectivity index (χ0) is 11.5. The maximum absolute atomic E-state index is 5.88. The highest BCUT2D eigenvalue weighted by atomic mass is 15.3. The molecule has 0 aliphatic rings. The van der Waals surface area contributed by atoms with Gasteiger partial charge in [-0.05, 0) is 38.0 Å². The van der Waals surface area contributed by atoms with Crippen molar-refractivity contribution in [2.24, 2.45) is 0 Å². The van der Waals surface area contributed by atoms with Gasteiger partial charge in [-0.2, -0.15) is 5.10 Å². The van der Waals surface area contributed by atoms with Crippen LogP contribution in [0.3, 0.4) is 0 Å². The van der Waals surface area contributed by atoms with Crippen LogP contribution in [0.4, 0.5) is 5.69 Å². The molecule has 0 fully saturated rings. The van der Waals surface area contributed by atoms with Crippen molar-refractivity contribution in [3.63, 3.8) is 0 Å². The molecule has 0 saturated carbocycles. The molecule has 0 aromatic carbocycles. The lowest BCUT2D eigenvalue weighted by atomic mass is 10.2. The van der Waals surface area contributed by atoms with E-state index in [1.54, 1.807) is 0 Å². The number of nitrogens with two attached hydrogens (primary N) is 1. The van der Waals surface area contributed by atoms with Crippen LogP contribution >= 0.6 is 0 Å². The summed E-state index contributed by atoms with van der Waals surface area (Å²) < 4.78 is 1.96. The van der Waals surface area contributed by atoms with Gasteiger partial charge in [0.25, 0.3) is 0 Å². The van der Waals surface area contributed by atoms with E-state index in [0.29, 0.717) is 0 Å². The van der Waals surface area contributed by atoms with E-state index in [9.17, 15) is 0 Å². The molecule has 84 valence electrons. The summed E-state index contributed by atoms with van der Waals surface area (Å²) in [7, 11) is 0. The molecule has 0 saturated heterocycles. The summed E-state index contributed by atoms with van der Waals surface area (Å²) in [6.07, 6.45) is 4.57. The minimum Gasteiger partial charge on any atom is -0.396 e. The SMILES string of the molecule is Cc1nn(CCc2ccncc2)c(C)c1N. The summed E-state index contributed by atoms with van der Waals surface area (Å²) in [5.74, 6) is 0. The van der Waals surface area contributed by atoms with Crippen LogP contribution in [0.5, 0.6) is 0 Å². The molecule has 16 heavy (non-hydrogen) atoms. The van der Waals surface area contributed by atoms with E-state index in [0.717, 1.165) is 30.0 Å². The highest BCUT2D eigenvalue weighted by Crippen LogP contribution is 2.15. The lowest BCUT2D eigenvalue weighted by Crippen LogP contribution is -2.05. The fourth-order valence-electron chi connectivity index (χ4n) is 1.71. The number of nitrogens with zero attached hydrogens (tertiary/aromatic N) is 3. The fraction of sp³-hybridized carbons (Fsp3) is 0.333. The molecule has 2 rings (SSSR count). The van der Waals surface area contributed by atoms with E-state index in [-0.39, 0.29) is 0 Å². The topological polar surface area (TPSA) is 56.7 Å². The third-order valence-corrected chi connectivity index (χ3v) is 2.80. The molecular formula is C12H16N4. The van der Waals surface area contributed by atoms with Crippen LogP contribution in [0, 0.1) is 13.8 Å². The summed E-state index contributed by atoms with van der Waals surface area (Å²) in [6.45, 7) is 4.79. The first-order chi connectivity index (χ1) is 7.68. The zero-order valence-electron chi connectivity index (χ0n) is 9.64. The molecular weight excluding hydrogens is 200 g/mol. The Morgan fingerprint density at radius 1 is 1.25 bits per heavy atom. The molecule has 2 aromatic heterocycles. The van der Waals surface area contributed by atoms with Crippen LogP contribution in [-0.4, -0.2) is 14.8 Å². The molecule has 2 heterocycles. The average molecular weight is 216 g/mol. The quantitative estimate of drug-likeness (QED) is 0.850. The number of hydrogen-bond acceptors (Lipinski definition) is 3. The molecule has 0 bridgehead atoms. The third kappa shape index (κ3) is 2.05. The predicted molar refractivity (Wildman–Crippen MR) is 64.1 cm³/mol. The van der Waals surface area contributed by atoms with Crippen LogP contribution < -0.4 is 5.73 Å². The number of aryl methyl sites for hydroxylation is 3. The largest absolute Gasteiger partial charge is 0.396 e. The summed E-state index contributed by atoms with van der Waals surface area (Å²) in [4.78, 5) is 3.99. The van der Waals surface area contributed by atoms with Gasteiger partial charge in [0.1, 0.15) is 0 Å². The first kappa shape index (κ1) is 10.7. The number of aromatic nitrogens is 3. The lowest BCUT2D eigenvalue weighted by molar-refractivity contribution is 0.594. The molecule has 0 aliphatic heterocycles. The van der Waals surface area contributed by atoms with Crippen LogP contribution in [0.2, 0.25) is 0 Å².